The molecule has 3 aromatic carbocycles. The first-order valence-corrected chi connectivity index (χ1v) is 15.8. The monoisotopic (exact) mass is 643 g/mol. The molecule has 46 heavy (non-hydrogen) atoms. The molecule has 2 N–H and O–H groups in total. The number of aliphatic hydroxyl groups excluding tert-OH is 1. The van der Waals surface area contributed by atoms with Crippen LogP contribution in [0.3, 0.4) is 0 Å². The molecule has 2 atom stereocenters. The van der Waals surface area contributed by atoms with E-state index in [-0.39, 0.29) is 42.5 Å². The molecule has 3 aromatic rings. The molecule has 1 saturated heterocycles. The minimum atomic E-state index is -0.902. The van der Waals surface area contributed by atoms with Crippen LogP contribution in [-0.2, 0) is 22.7 Å². The van der Waals surface area contributed by atoms with E-state index in [0.29, 0.717) is 60.1 Å². The van der Waals surface area contributed by atoms with Crippen LogP contribution in [0.25, 0.3) is 0 Å². The number of hydrogen-bond acceptors (Lipinski definition) is 7. The zero-order valence-corrected chi connectivity index (χ0v) is 26.3. The van der Waals surface area contributed by atoms with Crippen molar-refractivity contribution in [2.24, 2.45) is 5.92 Å². The van der Waals surface area contributed by atoms with Crippen LogP contribution in [0.15, 0.2) is 54.6 Å². The first-order valence-electron chi connectivity index (χ1n) is 15.1. The second-order valence-electron chi connectivity index (χ2n) is 11.5. The number of nitrogens with zero attached hydrogens (tertiary/aromatic N) is 3. The second-order valence-corrected chi connectivity index (χ2v) is 12.0. The molecule has 0 saturated carbocycles. The van der Waals surface area contributed by atoms with Gasteiger partial charge in [-0.15, -0.1) is 0 Å². The van der Waals surface area contributed by atoms with E-state index in [1.807, 2.05) is 11.0 Å². The van der Waals surface area contributed by atoms with Crippen molar-refractivity contribution in [2.75, 3.05) is 18.0 Å². The molecule has 2 heterocycles. The van der Waals surface area contributed by atoms with Gasteiger partial charge >= 0.3 is 0 Å². The summed E-state index contributed by atoms with van der Waals surface area (Å²) >= 11 is 0. The number of ether oxygens (including phenoxy) is 1. The Hall–Kier alpha value is -4.60. The van der Waals surface area contributed by atoms with E-state index in [1.54, 1.807) is 49.4 Å². The van der Waals surface area contributed by atoms with E-state index in [4.69, 9.17) is 10.00 Å². The molecule has 12 heteroatoms. The highest BCUT2D eigenvalue weighted by molar-refractivity contribution is 6.11. The van der Waals surface area contributed by atoms with Gasteiger partial charge in [-0.2, -0.15) is 5.26 Å². The number of fused-ring (bicyclic) bond motifs is 1. The van der Waals surface area contributed by atoms with Crippen molar-refractivity contribution in [1.82, 2.24) is 10.2 Å². The summed E-state index contributed by atoms with van der Waals surface area (Å²) in [6.45, 7) is 2.54. The molecule has 2 aliphatic heterocycles. The number of rotatable bonds is 10. The van der Waals surface area contributed by atoms with Crippen molar-refractivity contribution >= 4 is 33.7 Å². The van der Waals surface area contributed by atoms with E-state index < -0.39 is 35.6 Å². The molecule has 237 valence electrons. The number of carbonyl (C=O) groups is 3. The van der Waals surface area contributed by atoms with Crippen LogP contribution >= 0.6 is 0 Å². The Bertz CT molecular complexity index is 1690. The Morgan fingerprint density at radius 2 is 1.89 bits per heavy atom. The van der Waals surface area contributed by atoms with Gasteiger partial charge in [-0.1, -0.05) is 24.2 Å². The van der Waals surface area contributed by atoms with Crippen molar-refractivity contribution < 1.29 is 33.0 Å². The number of anilines is 1. The van der Waals surface area contributed by atoms with Crippen LogP contribution in [0, 0.1) is 28.9 Å². The summed E-state index contributed by atoms with van der Waals surface area (Å²) < 4.78 is 35.6. The van der Waals surface area contributed by atoms with Gasteiger partial charge in [0.05, 0.1) is 30.0 Å². The minimum absolute atomic E-state index is 0.0927. The van der Waals surface area contributed by atoms with Crippen LogP contribution in [0.5, 0.6) is 5.75 Å². The van der Waals surface area contributed by atoms with Gasteiger partial charge in [0.15, 0.2) is 0 Å². The maximum absolute atomic E-state index is 15.2. The van der Waals surface area contributed by atoms with Gasteiger partial charge in [-0.3, -0.25) is 19.7 Å². The van der Waals surface area contributed by atoms with E-state index in [2.05, 4.69) is 15.6 Å². The Morgan fingerprint density at radius 1 is 1.13 bits per heavy atom. The highest BCUT2D eigenvalue weighted by atomic mass is 28.1. The third-order valence-electron chi connectivity index (χ3n) is 8.62. The highest BCUT2D eigenvalue weighted by Crippen LogP contribution is 2.35. The lowest BCUT2D eigenvalue weighted by atomic mass is 9.87. The van der Waals surface area contributed by atoms with Gasteiger partial charge in [-0.05, 0) is 67.6 Å². The molecule has 2 aliphatic rings. The number of nitrogens with one attached hydrogen (secondary N) is 1. The second kappa shape index (κ2) is 14.2. The molecular formula is C34H33F2N4O5Si. The molecule has 1 fully saturated rings. The van der Waals surface area contributed by atoms with Crippen molar-refractivity contribution in [3.05, 3.63) is 94.0 Å². The Morgan fingerprint density at radius 3 is 2.57 bits per heavy atom. The van der Waals surface area contributed by atoms with Crippen LogP contribution in [0.2, 0.25) is 6.04 Å². The Labute approximate surface area is 269 Å². The number of nitriles is 1. The number of piperidine rings is 1. The lowest BCUT2D eigenvalue weighted by Gasteiger charge is -2.36. The molecule has 9 nitrogen and oxygen atoms in total. The largest absolute Gasteiger partial charge is 0.488 e. The van der Waals surface area contributed by atoms with Gasteiger partial charge < -0.3 is 19.6 Å². The summed E-state index contributed by atoms with van der Waals surface area (Å²) in [7, 11) is 3.20. The quantitative estimate of drug-likeness (QED) is 0.316. The fourth-order valence-corrected chi connectivity index (χ4v) is 6.14. The first-order chi connectivity index (χ1) is 22.1. The lowest BCUT2D eigenvalue weighted by Crippen LogP contribution is -2.47. The average molecular weight is 644 g/mol. The van der Waals surface area contributed by atoms with Crippen LogP contribution in [-0.4, -0.2) is 57.1 Å². The van der Waals surface area contributed by atoms with E-state index in [1.165, 1.54) is 17.0 Å². The first kappa shape index (κ1) is 32.8. The number of hydrogen-bond donors (Lipinski definition) is 2. The number of aliphatic hydroxyl groups is 1. The number of carbonyl (C=O) groups excluding carboxylic acids is 3. The third-order valence-corrected chi connectivity index (χ3v) is 8.87. The predicted molar refractivity (Wildman–Crippen MR) is 166 cm³/mol. The number of amides is 3. The highest BCUT2D eigenvalue weighted by Gasteiger charge is 2.36. The third kappa shape index (κ3) is 6.95. The molecular weight excluding hydrogens is 610 g/mol. The summed E-state index contributed by atoms with van der Waals surface area (Å²) in [5.41, 5.74) is 2.31. The van der Waals surface area contributed by atoms with Gasteiger partial charge in [0.1, 0.15) is 30.0 Å². The zero-order chi connectivity index (χ0) is 33.0. The van der Waals surface area contributed by atoms with Gasteiger partial charge in [0.2, 0.25) is 11.8 Å². The van der Waals surface area contributed by atoms with E-state index in [9.17, 15) is 23.9 Å². The smallest absolute Gasteiger partial charge is 0.255 e. The number of imide groups is 1. The topological polar surface area (TPSA) is 123 Å². The average Bonchev–Trinajstić information content (AvgIpc) is 3.40. The zero-order valence-electron chi connectivity index (χ0n) is 25.3. The fourth-order valence-electron chi connectivity index (χ4n) is 5.91. The molecule has 5 rings (SSSR count). The molecule has 0 spiro atoms. The SMILES string of the molecule is C[C@@H](C(=O)NC(=O)CC[Si])N1Cc2c(OCc3ccc(C(O)C4CCN(c5ccc(C#N)cc5F)CC4)cc3F)cccc2C1=O. The van der Waals surface area contributed by atoms with Crippen molar-refractivity contribution in [3.8, 4) is 11.8 Å². The lowest BCUT2D eigenvalue weighted by molar-refractivity contribution is -0.132. The normalized spacial score (nSPS) is 16.0. The van der Waals surface area contributed by atoms with Crippen molar-refractivity contribution in [1.29, 1.82) is 5.26 Å². The standard InChI is InChI=1S/C34H33F2N4O5Si/c1-20(33(43)38-31(41)11-14-46)40-18-26-25(34(40)44)3-2-4-30(26)45-19-24-7-6-23(16-27(24)35)32(42)22-9-12-39(13-10-22)29-8-5-21(17-37)15-28(29)36/h2-8,15-16,20,22,32,42H,9-14,18-19H2,1H3,(H,38,41,43)/t20-,32?/m0/s1. The molecule has 1 unspecified atom stereocenters. The minimum Gasteiger partial charge on any atom is -0.488 e. The summed E-state index contributed by atoms with van der Waals surface area (Å²) in [5, 5.41) is 22.3. The molecule has 0 bridgehead atoms. The van der Waals surface area contributed by atoms with Crippen molar-refractivity contribution in [2.45, 2.75) is 57.5 Å². The summed E-state index contributed by atoms with van der Waals surface area (Å²) in [6.07, 6.45) is 0.381. The maximum Gasteiger partial charge on any atom is 0.255 e. The van der Waals surface area contributed by atoms with Crippen LogP contribution in [0.1, 0.15) is 64.9 Å². The predicted octanol–water partition coefficient (Wildman–Crippen LogP) is 4.33. The molecule has 0 aliphatic carbocycles. The Balaban J connectivity index is 1.19. The fraction of sp³-hybridized carbons (Fsp3) is 0.353. The van der Waals surface area contributed by atoms with E-state index in [0.717, 1.165) is 0 Å². The molecule has 0 aromatic heterocycles. The number of halogens is 2. The van der Waals surface area contributed by atoms with Gasteiger partial charge in [0, 0.05) is 46.4 Å². The van der Waals surface area contributed by atoms with Gasteiger partial charge in [0.25, 0.3) is 5.91 Å². The molecule has 3 radical (unpaired) electrons. The summed E-state index contributed by atoms with van der Waals surface area (Å²) in [4.78, 5) is 40.7. The van der Waals surface area contributed by atoms with Crippen LogP contribution < -0.4 is 15.0 Å². The molecule has 3 amide bonds. The van der Waals surface area contributed by atoms with Crippen LogP contribution in [0.4, 0.5) is 14.5 Å². The van der Waals surface area contributed by atoms with Crippen molar-refractivity contribution in [3.63, 3.8) is 0 Å². The maximum atomic E-state index is 15.2. The Kier molecular flexibility index (Phi) is 10.1. The van der Waals surface area contributed by atoms with Gasteiger partial charge in [-0.25, -0.2) is 8.78 Å². The summed E-state index contributed by atoms with van der Waals surface area (Å²) in [5.74, 6) is -2.15. The number of benzene rings is 3. The van der Waals surface area contributed by atoms with E-state index >= 15 is 4.39 Å². The summed E-state index contributed by atoms with van der Waals surface area (Å²) in [6, 6.07) is 15.3.